The number of carbonyl (C=O) groups is 2. The molecule has 1 rings (SSSR count). The predicted molar refractivity (Wildman–Crippen MR) is 72.9 cm³/mol. The highest BCUT2D eigenvalue weighted by molar-refractivity contribution is 5.72. The van der Waals surface area contributed by atoms with E-state index in [0.717, 1.165) is 5.56 Å². The summed E-state index contributed by atoms with van der Waals surface area (Å²) in [6.45, 7) is 2.52. The van der Waals surface area contributed by atoms with Gasteiger partial charge < -0.3 is 15.7 Å². The number of carbonyl (C=O) groups excluding carboxylic acids is 1. The van der Waals surface area contributed by atoms with Gasteiger partial charge >= 0.3 is 5.97 Å². The van der Waals surface area contributed by atoms with E-state index in [1.165, 1.54) is 6.92 Å². The highest BCUT2D eigenvalue weighted by atomic mass is 16.4. The fourth-order valence-electron chi connectivity index (χ4n) is 1.84. The molecule has 0 radical (unpaired) electrons. The summed E-state index contributed by atoms with van der Waals surface area (Å²) in [6, 6.07) is 9.62. The van der Waals surface area contributed by atoms with Crippen molar-refractivity contribution in [2.24, 2.45) is 0 Å². The number of carboxylic acids is 1. The summed E-state index contributed by atoms with van der Waals surface area (Å²) < 4.78 is 0. The van der Waals surface area contributed by atoms with Gasteiger partial charge in [0.25, 0.3) is 0 Å². The van der Waals surface area contributed by atoms with Crippen LogP contribution in [0.4, 0.5) is 0 Å². The fourth-order valence-corrected chi connectivity index (χ4v) is 1.84. The average Bonchev–Trinajstić information content (AvgIpc) is 2.35. The summed E-state index contributed by atoms with van der Waals surface area (Å²) in [7, 11) is 0. The second kappa shape index (κ2) is 8.26. The minimum Gasteiger partial charge on any atom is -0.481 e. The standard InChI is InChI=1S/C14H20N2O3/c1-11(17)15-7-8-16-13(10-14(18)19)9-12-5-3-2-4-6-12/h2-6,13,16H,7-10H2,1H3,(H,15,17)(H,18,19). The molecule has 1 aromatic carbocycles. The summed E-state index contributed by atoms with van der Waals surface area (Å²) in [5.74, 6) is -0.910. The van der Waals surface area contributed by atoms with Crippen LogP contribution in [-0.4, -0.2) is 36.1 Å². The third-order valence-electron chi connectivity index (χ3n) is 2.68. The molecule has 5 heteroatoms. The molecule has 0 saturated carbocycles. The number of benzene rings is 1. The van der Waals surface area contributed by atoms with Gasteiger partial charge in [0.1, 0.15) is 0 Å². The van der Waals surface area contributed by atoms with Crippen LogP contribution in [0.15, 0.2) is 30.3 Å². The predicted octanol–water partition coefficient (Wildman–Crippen LogP) is 0.798. The van der Waals surface area contributed by atoms with E-state index in [-0.39, 0.29) is 18.4 Å². The molecule has 1 aromatic rings. The van der Waals surface area contributed by atoms with Gasteiger partial charge in [-0.05, 0) is 12.0 Å². The number of hydrogen-bond donors (Lipinski definition) is 3. The summed E-state index contributed by atoms with van der Waals surface area (Å²) in [4.78, 5) is 21.6. The number of carboxylic acid groups (broad SMARTS) is 1. The highest BCUT2D eigenvalue weighted by Gasteiger charge is 2.13. The van der Waals surface area contributed by atoms with E-state index in [0.29, 0.717) is 19.5 Å². The van der Waals surface area contributed by atoms with Gasteiger partial charge in [0.05, 0.1) is 6.42 Å². The van der Waals surface area contributed by atoms with E-state index in [4.69, 9.17) is 5.11 Å². The van der Waals surface area contributed by atoms with Crippen LogP contribution in [0, 0.1) is 0 Å². The Morgan fingerprint density at radius 2 is 1.89 bits per heavy atom. The van der Waals surface area contributed by atoms with Gasteiger partial charge in [-0.3, -0.25) is 9.59 Å². The van der Waals surface area contributed by atoms with E-state index in [9.17, 15) is 9.59 Å². The maximum absolute atomic E-state index is 10.8. The van der Waals surface area contributed by atoms with Crippen LogP contribution in [0.2, 0.25) is 0 Å². The quantitative estimate of drug-likeness (QED) is 0.607. The molecule has 19 heavy (non-hydrogen) atoms. The summed E-state index contributed by atoms with van der Waals surface area (Å²) in [5.41, 5.74) is 1.10. The smallest absolute Gasteiger partial charge is 0.304 e. The minimum atomic E-state index is -0.826. The van der Waals surface area contributed by atoms with Crippen molar-refractivity contribution in [2.45, 2.75) is 25.8 Å². The number of rotatable bonds is 8. The lowest BCUT2D eigenvalue weighted by molar-refractivity contribution is -0.137. The molecule has 3 N–H and O–H groups in total. The van der Waals surface area contributed by atoms with Gasteiger partial charge in [-0.2, -0.15) is 0 Å². The van der Waals surface area contributed by atoms with Crippen LogP contribution in [0.25, 0.3) is 0 Å². The zero-order valence-electron chi connectivity index (χ0n) is 11.1. The fraction of sp³-hybridized carbons (Fsp3) is 0.429. The zero-order valence-corrected chi connectivity index (χ0v) is 11.1. The van der Waals surface area contributed by atoms with Crippen molar-refractivity contribution in [2.75, 3.05) is 13.1 Å². The van der Waals surface area contributed by atoms with Crippen molar-refractivity contribution in [3.63, 3.8) is 0 Å². The molecular weight excluding hydrogens is 244 g/mol. The molecule has 0 spiro atoms. The van der Waals surface area contributed by atoms with Crippen molar-refractivity contribution in [3.05, 3.63) is 35.9 Å². The largest absolute Gasteiger partial charge is 0.481 e. The van der Waals surface area contributed by atoms with E-state index in [1.54, 1.807) is 0 Å². The first-order chi connectivity index (χ1) is 9.08. The number of hydrogen-bond acceptors (Lipinski definition) is 3. The van der Waals surface area contributed by atoms with E-state index >= 15 is 0 Å². The van der Waals surface area contributed by atoms with Crippen LogP contribution in [0.1, 0.15) is 18.9 Å². The highest BCUT2D eigenvalue weighted by Crippen LogP contribution is 2.05. The molecule has 0 aliphatic carbocycles. The summed E-state index contributed by atoms with van der Waals surface area (Å²) in [6.07, 6.45) is 0.724. The second-order valence-corrected chi connectivity index (χ2v) is 4.42. The topological polar surface area (TPSA) is 78.4 Å². The van der Waals surface area contributed by atoms with E-state index in [1.807, 2.05) is 30.3 Å². The lowest BCUT2D eigenvalue weighted by Crippen LogP contribution is -2.38. The van der Waals surface area contributed by atoms with Crippen molar-refractivity contribution in [1.29, 1.82) is 0 Å². The summed E-state index contributed by atoms with van der Waals surface area (Å²) in [5, 5.41) is 14.7. The van der Waals surface area contributed by atoms with Gasteiger partial charge in [-0.1, -0.05) is 30.3 Å². The average molecular weight is 264 g/mol. The first-order valence-electron chi connectivity index (χ1n) is 6.31. The second-order valence-electron chi connectivity index (χ2n) is 4.42. The Kier molecular flexibility index (Phi) is 6.60. The SMILES string of the molecule is CC(=O)NCCNC(CC(=O)O)Cc1ccccc1. The van der Waals surface area contributed by atoms with Crippen molar-refractivity contribution in [3.8, 4) is 0 Å². The van der Waals surface area contributed by atoms with Crippen molar-refractivity contribution >= 4 is 11.9 Å². The minimum absolute atomic E-state index is 0.0645. The van der Waals surface area contributed by atoms with Crippen molar-refractivity contribution < 1.29 is 14.7 Å². The molecule has 0 aliphatic heterocycles. The molecule has 1 unspecified atom stereocenters. The van der Waals surface area contributed by atoms with Crippen LogP contribution < -0.4 is 10.6 Å². The Hall–Kier alpha value is -1.88. The summed E-state index contributed by atoms with van der Waals surface area (Å²) >= 11 is 0. The van der Waals surface area contributed by atoms with E-state index < -0.39 is 5.97 Å². The molecule has 0 aromatic heterocycles. The number of amides is 1. The van der Waals surface area contributed by atoms with Gasteiger partial charge in [-0.15, -0.1) is 0 Å². The first-order valence-corrected chi connectivity index (χ1v) is 6.31. The molecule has 1 atom stereocenters. The van der Waals surface area contributed by atoms with Gasteiger partial charge in [0.15, 0.2) is 0 Å². The molecule has 0 heterocycles. The third kappa shape index (κ3) is 7.21. The Morgan fingerprint density at radius 1 is 1.21 bits per heavy atom. The van der Waals surface area contributed by atoms with Crippen LogP contribution in [-0.2, 0) is 16.0 Å². The van der Waals surface area contributed by atoms with Gasteiger partial charge in [0.2, 0.25) is 5.91 Å². The Morgan fingerprint density at radius 3 is 2.47 bits per heavy atom. The lowest BCUT2D eigenvalue weighted by atomic mass is 10.0. The van der Waals surface area contributed by atoms with E-state index in [2.05, 4.69) is 10.6 Å². The van der Waals surface area contributed by atoms with Crippen molar-refractivity contribution in [1.82, 2.24) is 10.6 Å². The molecule has 0 saturated heterocycles. The Balaban J connectivity index is 2.43. The molecule has 1 amide bonds. The number of aliphatic carboxylic acids is 1. The monoisotopic (exact) mass is 264 g/mol. The third-order valence-corrected chi connectivity index (χ3v) is 2.68. The van der Waals surface area contributed by atoms with Crippen LogP contribution in [0.3, 0.4) is 0 Å². The molecule has 0 aliphatic rings. The number of nitrogens with one attached hydrogen (secondary N) is 2. The zero-order chi connectivity index (χ0) is 14.1. The molecule has 0 fully saturated rings. The molecule has 0 bridgehead atoms. The first kappa shape index (κ1) is 15.2. The Bertz CT molecular complexity index is 406. The molecule has 5 nitrogen and oxygen atoms in total. The Labute approximate surface area is 113 Å². The van der Waals surface area contributed by atoms with Gasteiger partial charge in [0, 0.05) is 26.1 Å². The van der Waals surface area contributed by atoms with Crippen LogP contribution in [0.5, 0.6) is 0 Å². The maximum Gasteiger partial charge on any atom is 0.304 e. The van der Waals surface area contributed by atoms with Gasteiger partial charge in [-0.25, -0.2) is 0 Å². The molecule has 104 valence electrons. The lowest BCUT2D eigenvalue weighted by Gasteiger charge is -2.17. The van der Waals surface area contributed by atoms with Crippen LogP contribution >= 0.6 is 0 Å². The normalized spacial score (nSPS) is 11.8. The maximum atomic E-state index is 10.8. The molecular formula is C14H20N2O3.